The number of carbonyl (C=O) groups is 1. The van der Waals surface area contributed by atoms with Crippen LogP contribution in [0, 0.1) is 0 Å². The zero-order valence-electron chi connectivity index (χ0n) is 14.4. The first-order valence-corrected chi connectivity index (χ1v) is 9.87. The Hall–Kier alpha value is -2.73. The number of imidazole rings is 1. The molecule has 1 unspecified atom stereocenters. The smallest absolute Gasteiger partial charge is 0.287 e. The lowest BCUT2D eigenvalue weighted by atomic mass is 10.2. The van der Waals surface area contributed by atoms with E-state index >= 15 is 0 Å². The lowest BCUT2D eigenvalue weighted by molar-refractivity contribution is 0.0908. The maximum Gasteiger partial charge on any atom is 0.287 e. The fourth-order valence-corrected chi connectivity index (χ4v) is 3.45. The zero-order valence-corrected chi connectivity index (χ0v) is 15.2. The Balaban J connectivity index is 1.60. The minimum absolute atomic E-state index is 0.199. The van der Waals surface area contributed by atoms with Gasteiger partial charge in [0, 0.05) is 5.39 Å². The monoisotopic (exact) mass is 365 g/mol. The highest BCUT2D eigenvalue weighted by molar-refractivity contribution is 7.98. The lowest BCUT2D eigenvalue weighted by Gasteiger charge is -2.15. The van der Waals surface area contributed by atoms with Crippen molar-refractivity contribution in [1.29, 1.82) is 0 Å². The molecule has 4 rings (SSSR count). The molecule has 0 aliphatic heterocycles. The molecule has 2 aromatic heterocycles. The third kappa shape index (κ3) is 3.32. The van der Waals surface area contributed by atoms with Gasteiger partial charge in [-0.1, -0.05) is 30.3 Å². The minimum Gasteiger partial charge on any atom is -0.451 e. The van der Waals surface area contributed by atoms with Crippen LogP contribution in [-0.2, 0) is 0 Å². The molecule has 2 N–H and O–H groups in total. The molecule has 132 valence electrons. The van der Waals surface area contributed by atoms with Gasteiger partial charge < -0.3 is 14.7 Å². The third-order valence-corrected chi connectivity index (χ3v) is 4.95. The van der Waals surface area contributed by atoms with Crippen LogP contribution in [0.1, 0.15) is 28.8 Å². The summed E-state index contributed by atoms with van der Waals surface area (Å²) >= 11 is 1.74. The number of furan rings is 1. The van der Waals surface area contributed by atoms with Crippen LogP contribution in [0.4, 0.5) is 0 Å². The molecule has 5 nitrogen and oxygen atoms in total. The average Bonchev–Trinajstić information content (AvgIpc) is 3.28. The second-order valence-corrected chi connectivity index (χ2v) is 7.08. The molecule has 0 aliphatic carbocycles. The fraction of sp³-hybridized carbons (Fsp3) is 0.200. The highest BCUT2D eigenvalue weighted by atomic mass is 32.2. The van der Waals surface area contributed by atoms with Crippen molar-refractivity contribution < 1.29 is 9.21 Å². The lowest BCUT2D eigenvalue weighted by Crippen LogP contribution is -2.29. The van der Waals surface area contributed by atoms with Crippen molar-refractivity contribution in [2.45, 2.75) is 12.5 Å². The molecule has 4 aromatic rings. The average molecular weight is 365 g/mol. The predicted octanol–water partition coefficient (Wildman–Crippen LogP) is 4.53. The molecule has 2 aromatic carbocycles. The van der Waals surface area contributed by atoms with Gasteiger partial charge in [-0.3, -0.25) is 4.79 Å². The third-order valence-electron chi connectivity index (χ3n) is 4.30. The van der Waals surface area contributed by atoms with Gasteiger partial charge in [0.2, 0.25) is 0 Å². The number of benzene rings is 2. The van der Waals surface area contributed by atoms with E-state index < -0.39 is 0 Å². The highest BCUT2D eigenvalue weighted by Gasteiger charge is 2.21. The maximum absolute atomic E-state index is 12.7. The van der Waals surface area contributed by atoms with Crippen LogP contribution >= 0.6 is 11.8 Å². The van der Waals surface area contributed by atoms with Gasteiger partial charge >= 0.3 is 0 Å². The van der Waals surface area contributed by atoms with Crippen molar-refractivity contribution in [3.63, 3.8) is 0 Å². The van der Waals surface area contributed by atoms with E-state index in [0.717, 1.165) is 34.4 Å². The highest BCUT2D eigenvalue weighted by Crippen LogP contribution is 2.23. The molecule has 0 aliphatic rings. The largest absolute Gasteiger partial charge is 0.451 e. The van der Waals surface area contributed by atoms with Crippen molar-refractivity contribution in [2.75, 3.05) is 12.0 Å². The summed E-state index contributed by atoms with van der Waals surface area (Å²) in [5.41, 5.74) is 2.58. The van der Waals surface area contributed by atoms with Crippen LogP contribution < -0.4 is 5.32 Å². The van der Waals surface area contributed by atoms with E-state index in [1.807, 2.05) is 48.5 Å². The number of aromatic nitrogens is 2. The molecular formula is C20H19N3O2S. The Labute approximate surface area is 155 Å². The normalized spacial score (nSPS) is 12.5. The summed E-state index contributed by atoms with van der Waals surface area (Å²) in [6.45, 7) is 0. The molecule has 0 radical (unpaired) electrons. The summed E-state index contributed by atoms with van der Waals surface area (Å²) in [4.78, 5) is 20.7. The van der Waals surface area contributed by atoms with Crippen molar-refractivity contribution in [1.82, 2.24) is 15.3 Å². The number of amides is 1. The quantitative estimate of drug-likeness (QED) is 0.526. The first-order valence-electron chi connectivity index (χ1n) is 8.47. The maximum atomic E-state index is 12.7. The van der Waals surface area contributed by atoms with Crippen molar-refractivity contribution in [2.24, 2.45) is 0 Å². The summed E-state index contributed by atoms with van der Waals surface area (Å²) in [5, 5.41) is 3.99. The van der Waals surface area contributed by atoms with Gasteiger partial charge in [-0.2, -0.15) is 11.8 Å². The van der Waals surface area contributed by atoms with E-state index in [-0.39, 0.29) is 11.9 Å². The van der Waals surface area contributed by atoms with Gasteiger partial charge in [-0.05, 0) is 42.7 Å². The topological polar surface area (TPSA) is 70.9 Å². The van der Waals surface area contributed by atoms with Crippen LogP contribution in [0.2, 0.25) is 0 Å². The molecule has 0 bridgehead atoms. The number of nitrogens with one attached hydrogen (secondary N) is 2. The summed E-state index contributed by atoms with van der Waals surface area (Å²) < 4.78 is 5.68. The van der Waals surface area contributed by atoms with Crippen molar-refractivity contribution in [3.8, 4) is 0 Å². The Kier molecular flexibility index (Phi) is 4.67. The molecule has 0 saturated carbocycles. The number of hydrogen-bond acceptors (Lipinski definition) is 4. The summed E-state index contributed by atoms with van der Waals surface area (Å²) in [5.74, 6) is 1.77. The molecule has 0 saturated heterocycles. The summed E-state index contributed by atoms with van der Waals surface area (Å²) in [6, 6.07) is 17.0. The van der Waals surface area contributed by atoms with Crippen LogP contribution in [0.3, 0.4) is 0 Å². The number of fused-ring (bicyclic) bond motifs is 2. The van der Waals surface area contributed by atoms with Crippen LogP contribution in [-0.4, -0.2) is 27.9 Å². The minimum atomic E-state index is -0.229. The predicted molar refractivity (Wildman–Crippen MR) is 106 cm³/mol. The first-order chi connectivity index (χ1) is 12.7. The van der Waals surface area contributed by atoms with Crippen molar-refractivity contribution >= 4 is 39.7 Å². The molecule has 0 spiro atoms. The molecule has 2 heterocycles. The number of hydrogen-bond donors (Lipinski definition) is 2. The van der Waals surface area contributed by atoms with E-state index in [9.17, 15) is 4.79 Å². The first kappa shape index (κ1) is 16.7. The Morgan fingerprint density at radius 2 is 2.04 bits per heavy atom. The number of nitrogens with zero attached hydrogens (tertiary/aromatic N) is 1. The van der Waals surface area contributed by atoms with E-state index in [0.29, 0.717) is 11.3 Å². The summed E-state index contributed by atoms with van der Waals surface area (Å²) in [6.07, 6.45) is 2.84. The SMILES string of the molecule is CSCCC(NC(=O)c1cc2ccccc2o1)c1nc2ccccc2[nH]1. The number of carbonyl (C=O) groups excluding carboxylic acids is 1. The van der Waals surface area contributed by atoms with E-state index in [2.05, 4.69) is 21.5 Å². The molecule has 26 heavy (non-hydrogen) atoms. The number of aromatic amines is 1. The Morgan fingerprint density at radius 3 is 2.85 bits per heavy atom. The zero-order chi connectivity index (χ0) is 17.9. The van der Waals surface area contributed by atoms with Gasteiger partial charge in [0.25, 0.3) is 5.91 Å². The van der Waals surface area contributed by atoms with Gasteiger partial charge in [0.1, 0.15) is 11.4 Å². The Bertz CT molecular complexity index is 987. The number of rotatable bonds is 6. The summed E-state index contributed by atoms with van der Waals surface area (Å²) in [7, 11) is 0. The van der Waals surface area contributed by atoms with E-state index in [4.69, 9.17) is 4.42 Å². The second kappa shape index (κ2) is 7.25. The molecule has 0 fully saturated rings. The standard InChI is InChI=1S/C20H19N3O2S/c1-26-11-10-16(19-21-14-7-3-4-8-15(14)22-19)23-20(24)18-12-13-6-2-5-9-17(13)25-18/h2-9,12,16H,10-11H2,1H3,(H,21,22)(H,23,24). The molecule has 1 amide bonds. The number of para-hydroxylation sites is 3. The van der Waals surface area contributed by atoms with Crippen LogP contribution in [0.25, 0.3) is 22.0 Å². The van der Waals surface area contributed by atoms with Gasteiger partial charge in [0.05, 0.1) is 17.1 Å². The van der Waals surface area contributed by atoms with Gasteiger partial charge in [-0.25, -0.2) is 4.98 Å². The van der Waals surface area contributed by atoms with Gasteiger partial charge in [0.15, 0.2) is 5.76 Å². The second-order valence-electron chi connectivity index (χ2n) is 6.10. The van der Waals surface area contributed by atoms with Crippen LogP contribution in [0.15, 0.2) is 59.0 Å². The molecule has 6 heteroatoms. The molecule has 1 atom stereocenters. The van der Waals surface area contributed by atoms with Crippen molar-refractivity contribution in [3.05, 3.63) is 66.2 Å². The number of thioether (sulfide) groups is 1. The van der Waals surface area contributed by atoms with E-state index in [1.165, 1.54) is 0 Å². The van der Waals surface area contributed by atoms with E-state index in [1.54, 1.807) is 17.8 Å². The van der Waals surface area contributed by atoms with Gasteiger partial charge in [-0.15, -0.1) is 0 Å². The van der Waals surface area contributed by atoms with Crippen LogP contribution in [0.5, 0.6) is 0 Å². The fourth-order valence-electron chi connectivity index (χ4n) is 2.97. The Morgan fingerprint density at radius 1 is 1.23 bits per heavy atom. The molecular weight excluding hydrogens is 346 g/mol. The number of H-pyrrole nitrogens is 1.